The molecule has 0 fully saturated rings. The van der Waals surface area contributed by atoms with Crippen LogP contribution in [0.4, 0.5) is 0 Å². The largest absolute Gasteiger partial charge is 0.356 e. The molecular weight excluding hydrogens is 180 g/mol. The van der Waals surface area contributed by atoms with Crippen molar-refractivity contribution in [2.24, 2.45) is 11.0 Å². The average Bonchev–Trinajstić information content (AvgIpc) is 2.21. The smallest absolute Gasteiger partial charge is 0.222 e. The van der Waals surface area contributed by atoms with E-state index in [1.54, 1.807) is 0 Å². The van der Waals surface area contributed by atoms with Gasteiger partial charge in [0.2, 0.25) is 5.91 Å². The van der Waals surface area contributed by atoms with Gasteiger partial charge in [-0.1, -0.05) is 19.0 Å². The quantitative estimate of drug-likeness (QED) is 0.289. The molecule has 0 aliphatic rings. The minimum atomic E-state index is 0.0899. The maximum Gasteiger partial charge on any atom is 0.222 e. The molecule has 0 rings (SSSR count). The molecule has 5 heteroatoms. The van der Waals surface area contributed by atoms with Crippen molar-refractivity contribution in [3.8, 4) is 0 Å². The summed E-state index contributed by atoms with van der Waals surface area (Å²) in [7, 11) is 0. The normalized spacial score (nSPS) is 11.6. The highest BCUT2D eigenvalue weighted by Crippen LogP contribution is 1.99. The topological polar surface area (TPSA) is 77.9 Å². The Morgan fingerprint density at radius 2 is 2.29 bits per heavy atom. The lowest BCUT2D eigenvalue weighted by atomic mass is 10.1. The minimum absolute atomic E-state index is 0.0899. The van der Waals surface area contributed by atoms with Crippen LogP contribution in [0.2, 0.25) is 0 Å². The number of azide groups is 1. The molecule has 5 nitrogen and oxygen atoms in total. The Morgan fingerprint density at radius 1 is 1.57 bits per heavy atom. The summed E-state index contributed by atoms with van der Waals surface area (Å²) in [6, 6.07) is 0. The minimum Gasteiger partial charge on any atom is -0.356 e. The summed E-state index contributed by atoms with van der Waals surface area (Å²) in [6.45, 7) is 5.08. The molecule has 0 aromatic rings. The summed E-state index contributed by atoms with van der Waals surface area (Å²) in [5.41, 5.74) is 8.00. The van der Waals surface area contributed by atoms with E-state index >= 15 is 0 Å². The Labute approximate surface area is 84.5 Å². The second-order valence-corrected chi connectivity index (χ2v) is 3.26. The Bertz CT molecular complexity index is 211. The van der Waals surface area contributed by atoms with Gasteiger partial charge in [0.15, 0.2) is 0 Å². The van der Waals surface area contributed by atoms with Crippen molar-refractivity contribution in [1.29, 1.82) is 0 Å². The summed E-state index contributed by atoms with van der Waals surface area (Å²) < 4.78 is 0. The summed E-state index contributed by atoms with van der Waals surface area (Å²) in [5, 5.41) is 6.24. The molecular formula is C9H18N4O. The molecule has 1 atom stereocenters. The zero-order valence-electron chi connectivity index (χ0n) is 8.86. The van der Waals surface area contributed by atoms with Gasteiger partial charge < -0.3 is 5.32 Å². The van der Waals surface area contributed by atoms with Gasteiger partial charge in [-0.2, -0.15) is 0 Å². The maximum atomic E-state index is 11.3. The molecule has 14 heavy (non-hydrogen) atoms. The van der Waals surface area contributed by atoms with Crippen molar-refractivity contribution < 1.29 is 4.79 Å². The van der Waals surface area contributed by atoms with Gasteiger partial charge in [-0.3, -0.25) is 4.79 Å². The third-order valence-electron chi connectivity index (χ3n) is 2.11. The fourth-order valence-corrected chi connectivity index (χ4v) is 0.923. The molecule has 1 N–H and O–H groups in total. The van der Waals surface area contributed by atoms with Crippen molar-refractivity contribution >= 4 is 5.91 Å². The first-order valence-corrected chi connectivity index (χ1v) is 5.01. The number of nitrogens with one attached hydrogen (secondary N) is 1. The van der Waals surface area contributed by atoms with Crippen molar-refractivity contribution in [2.45, 2.75) is 33.1 Å². The molecule has 1 unspecified atom stereocenters. The number of rotatable bonds is 7. The monoisotopic (exact) mass is 198 g/mol. The highest BCUT2D eigenvalue weighted by molar-refractivity contribution is 5.78. The molecule has 1 amide bonds. The summed E-state index contributed by atoms with van der Waals surface area (Å²) in [5.74, 6) is 0.198. The van der Waals surface area contributed by atoms with Crippen LogP contribution in [0.1, 0.15) is 33.1 Å². The number of unbranched alkanes of at least 4 members (excludes halogenated alkanes) is 1. The van der Waals surface area contributed by atoms with E-state index in [0.717, 1.165) is 19.3 Å². The van der Waals surface area contributed by atoms with Crippen molar-refractivity contribution in [3.05, 3.63) is 10.4 Å². The molecule has 0 bridgehead atoms. The Kier molecular flexibility index (Phi) is 7.65. The highest BCUT2D eigenvalue weighted by Gasteiger charge is 2.08. The molecule has 0 saturated carbocycles. The van der Waals surface area contributed by atoms with Gasteiger partial charge in [0.05, 0.1) is 0 Å². The summed E-state index contributed by atoms with van der Waals surface area (Å²) in [4.78, 5) is 13.9. The van der Waals surface area contributed by atoms with E-state index in [4.69, 9.17) is 5.53 Å². The van der Waals surface area contributed by atoms with Crippen LogP contribution in [-0.2, 0) is 4.79 Å². The lowest BCUT2D eigenvalue weighted by Gasteiger charge is -2.08. The van der Waals surface area contributed by atoms with Gasteiger partial charge in [0.25, 0.3) is 0 Å². The van der Waals surface area contributed by atoms with Crippen LogP contribution in [0, 0.1) is 5.92 Å². The summed E-state index contributed by atoms with van der Waals surface area (Å²) in [6.07, 6.45) is 2.55. The van der Waals surface area contributed by atoms with Crippen LogP contribution in [0.15, 0.2) is 5.11 Å². The van der Waals surface area contributed by atoms with E-state index < -0.39 is 0 Å². The first-order valence-electron chi connectivity index (χ1n) is 5.01. The first kappa shape index (κ1) is 12.8. The van der Waals surface area contributed by atoms with Crippen LogP contribution in [0.25, 0.3) is 10.4 Å². The summed E-state index contributed by atoms with van der Waals surface area (Å²) >= 11 is 0. The standard InChI is InChI=1S/C9H18N4O/c1-3-8(2)9(14)11-6-4-5-7-12-13-10/h8H,3-7H2,1-2H3,(H,11,14). The SMILES string of the molecule is CCC(C)C(=O)NCCCCN=[N+]=[N-]. The molecule has 0 aromatic heterocycles. The first-order chi connectivity index (χ1) is 6.72. The van der Waals surface area contributed by atoms with Crippen molar-refractivity contribution in [2.75, 3.05) is 13.1 Å². The van der Waals surface area contributed by atoms with E-state index in [-0.39, 0.29) is 11.8 Å². The molecule has 0 spiro atoms. The van der Waals surface area contributed by atoms with Crippen LogP contribution >= 0.6 is 0 Å². The molecule has 0 aliphatic carbocycles. The van der Waals surface area contributed by atoms with Gasteiger partial charge in [0, 0.05) is 23.9 Å². The Balaban J connectivity index is 3.35. The van der Waals surface area contributed by atoms with Crippen molar-refractivity contribution in [1.82, 2.24) is 5.32 Å². The second-order valence-electron chi connectivity index (χ2n) is 3.26. The van der Waals surface area contributed by atoms with Crippen LogP contribution in [-0.4, -0.2) is 19.0 Å². The predicted octanol–water partition coefficient (Wildman–Crippen LogP) is 2.24. The van der Waals surface area contributed by atoms with E-state index in [1.807, 2.05) is 13.8 Å². The zero-order chi connectivity index (χ0) is 10.8. The third-order valence-corrected chi connectivity index (χ3v) is 2.11. The van der Waals surface area contributed by atoms with E-state index in [1.165, 1.54) is 0 Å². The van der Waals surface area contributed by atoms with Gasteiger partial charge >= 0.3 is 0 Å². The molecule has 0 saturated heterocycles. The lowest BCUT2D eigenvalue weighted by Crippen LogP contribution is -2.29. The predicted molar refractivity (Wildman–Crippen MR) is 55.7 cm³/mol. The Morgan fingerprint density at radius 3 is 2.86 bits per heavy atom. The van der Waals surface area contributed by atoms with E-state index in [9.17, 15) is 4.79 Å². The van der Waals surface area contributed by atoms with E-state index in [2.05, 4.69) is 15.3 Å². The fourth-order valence-electron chi connectivity index (χ4n) is 0.923. The van der Waals surface area contributed by atoms with Crippen molar-refractivity contribution in [3.63, 3.8) is 0 Å². The number of carbonyl (C=O) groups is 1. The Hall–Kier alpha value is -1.22. The molecule has 0 aliphatic heterocycles. The zero-order valence-corrected chi connectivity index (χ0v) is 8.86. The fraction of sp³-hybridized carbons (Fsp3) is 0.889. The second kappa shape index (κ2) is 8.38. The lowest BCUT2D eigenvalue weighted by molar-refractivity contribution is -0.124. The van der Waals surface area contributed by atoms with Crippen LogP contribution in [0.5, 0.6) is 0 Å². The molecule has 80 valence electrons. The van der Waals surface area contributed by atoms with Gasteiger partial charge in [0.1, 0.15) is 0 Å². The molecule has 0 radical (unpaired) electrons. The molecule has 0 heterocycles. The number of hydrogen-bond acceptors (Lipinski definition) is 2. The number of nitrogens with zero attached hydrogens (tertiary/aromatic N) is 3. The van der Waals surface area contributed by atoms with E-state index in [0.29, 0.717) is 13.1 Å². The van der Waals surface area contributed by atoms with Gasteiger partial charge in [-0.15, -0.1) is 0 Å². The number of amides is 1. The number of hydrogen-bond donors (Lipinski definition) is 1. The van der Waals surface area contributed by atoms with Gasteiger partial charge in [-0.25, -0.2) is 0 Å². The highest BCUT2D eigenvalue weighted by atomic mass is 16.1. The number of carbonyl (C=O) groups excluding carboxylic acids is 1. The third kappa shape index (κ3) is 6.31. The maximum absolute atomic E-state index is 11.3. The molecule has 0 aromatic carbocycles. The average molecular weight is 198 g/mol. The van der Waals surface area contributed by atoms with Crippen LogP contribution in [0.3, 0.4) is 0 Å². The van der Waals surface area contributed by atoms with Gasteiger partial charge in [-0.05, 0) is 24.8 Å². The van der Waals surface area contributed by atoms with Crippen LogP contribution < -0.4 is 5.32 Å².